The smallest absolute Gasteiger partial charge is 0.120 e. The molecule has 2 heteroatoms. The summed E-state index contributed by atoms with van der Waals surface area (Å²) in [4.78, 5) is 0. The summed E-state index contributed by atoms with van der Waals surface area (Å²) in [5, 5.41) is 9.66. The second-order valence-electron chi connectivity index (χ2n) is 4.03. The third-order valence-electron chi connectivity index (χ3n) is 2.93. The van der Waals surface area contributed by atoms with Crippen LogP contribution in [0.5, 0.6) is 5.75 Å². The van der Waals surface area contributed by atoms with Crippen LogP contribution in [0.2, 0.25) is 0 Å². The van der Waals surface area contributed by atoms with E-state index in [4.69, 9.17) is 5.73 Å². The van der Waals surface area contributed by atoms with Crippen LogP contribution in [-0.2, 0) is 5.54 Å². The molecule has 0 bridgehead atoms. The van der Waals surface area contributed by atoms with Gasteiger partial charge in [0.1, 0.15) is 5.75 Å². The molecule has 0 atom stereocenters. The molecule has 0 amide bonds. The molecule has 0 unspecified atom stereocenters. The first kappa shape index (κ1) is 8.57. The maximum Gasteiger partial charge on any atom is 0.120 e. The van der Waals surface area contributed by atoms with Crippen LogP contribution in [0.25, 0.3) is 0 Å². The maximum absolute atomic E-state index is 9.66. The quantitative estimate of drug-likeness (QED) is 0.689. The third-order valence-corrected chi connectivity index (χ3v) is 2.93. The molecule has 1 saturated carbocycles. The summed E-state index contributed by atoms with van der Waals surface area (Å²) in [6, 6.07) is 5.63. The van der Waals surface area contributed by atoms with Crippen molar-refractivity contribution in [3.63, 3.8) is 0 Å². The molecule has 2 nitrogen and oxygen atoms in total. The van der Waals surface area contributed by atoms with Crippen molar-refractivity contribution in [1.82, 2.24) is 0 Å². The Morgan fingerprint density at radius 1 is 1.38 bits per heavy atom. The van der Waals surface area contributed by atoms with E-state index in [-0.39, 0.29) is 5.54 Å². The number of phenols is 1. The number of nitrogens with two attached hydrogens (primary N) is 1. The van der Waals surface area contributed by atoms with E-state index in [2.05, 4.69) is 0 Å². The predicted molar refractivity (Wildman–Crippen MR) is 52.6 cm³/mol. The van der Waals surface area contributed by atoms with Gasteiger partial charge in [0.15, 0.2) is 0 Å². The fourth-order valence-corrected chi connectivity index (χ4v) is 1.88. The van der Waals surface area contributed by atoms with Crippen molar-refractivity contribution in [2.45, 2.75) is 31.7 Å². The Balaban J connectivity index is 2.43. The van der Waals surface area contributed by atoms with Crippen LogP contribution in [0.4, 0.5) is 0 Å². The molecule has 0 radical (unpaired) electrons. The first-order chi connectivity index (χ1) is 6.12. The van der Waals surface area contributed by atoms with Crippen LogP contribution in [0, 0.1) is 6.92 Å². The molecule has 1 aliphatic rings. The number of hydrogen-bond acceptors (Lipinski definition) is 2. The first-order valence-electron chi connectivity index (χ1n) is 4.71. The van der Waals surface area contributed by atoms with Gasteiger partial charge in [-0.15, -0.1) is 0 Å². The number of aryl methyl sites for hydroxylation is 1. The Labute approximate surface area is 78.4 Å². The van der Waals surface area contributed by atoms with Crippen molar-refractivity contribution in [3.8, 4) is 5.75 Å². The predicted octanol–water partition coefficient (Wildman–Crippen LogP) is 2.04. The lowest BCUT2D eigenvalue weighted by molar-refractivity contribution is 0.245. The van der Waals surface area contributed by atoms with Gasteiger partial charge in [0.05, 0.1) is 0 Å². The van der Waals surface area contributed by atoms with E-state index in [1.54, 1.807) is 6.07 Å². The molecule has 1 fully saturated rings. The van der Waals surface area contributed by atoms with Crippen LogP contribution < -0.4 is 5.73 Å². The van der Waals surface area contributed by atoms with Crippen molar-refractivity contribution in [2.24, 2.45) is 5.73 Å². The van der Waals surface area contributed by atoms with Gasteiger partial charge in [-0.2, -0.15) is 0 Å². The van der Waals surface area contributed by atoms with E-state index < -0.39 is 0 Å². The molecule has 1 aliphatic carbocycles. The van der Waals surface area contributed by atoms with Gasteiger partial charge in [0.25, 0.3) is 0 Å². The average molecular weight is 177 g/mol. The fraction of sp³-hybridized carbons (Fsp3) is 0.455. The lowest BCUT2D eigenvalue weighted by Gasteiger charge is -2.39. The van der Waals surface area contributed by atoms with Crippen molar-refractivity contribution in [2.75, 3.05) is 0 Å². The van der Waals surface area contributed by atoms with Crippen LogP contribution in [-0.4, -0.2) is 5.11 Å². The second-order valence-corrected chi connectivity index (χ2v) is 4.03. The largest absolute Gasteiger partial charge is 0.508 e. The topological polar surface area (TPSA) is 46.2 Å². The monoisotopic (exact) mass is 177 g/mol. The minimum Gasteiger partial charge on any atom is -0.508 e. The minimum atomic E-state index is -0.254. The number of phenolic OH excluding ortho intramolecular Hbond substituents is 1. The summed E-state index contributed by atoms with van der Waals surface area (Å²) in [6.07, 6.45) is 3.15. The van der Waals surface area contributed by atoms with Crippen molar-refractivity contribution >= 4 is 0 Å². The molecule has 70 valence electrons. The highest BCUT2D eigenvalue weighted by Gasteiger charge is 2.36. The van der Waals surface area contributed by atoms with E-state index >= 15 is 0 Å². The Hall–Kier alpha value is -1.02. The molecule has 0 aromatic heterocycles. The van der Waals surface area contributed by atoms with Crippen LogP contribution in [0.1, 0.15) is 30.4 Å². The van der Waals surface area contributed by atoms with Gasteiger partial charge >= 0.3 is 0 Å². The zero-order chi connectivity index (χ0) is 9.47. The van der Waals surface area contributed by atoms with Crippen molar-refractivity contribution < 1.29 is 5.11 Å². The van der Waals surface area contributed by atoms with Crippen molar-refractivity contribution in [1.29, 1.82) is 0 Å². The molecule has 3 N–H and O–H groups in total. The summed E-state index contributed by atoms with van der Waals surface area (Å²) in [5.74, 6) is 0.341. The number of hydrogen-bond donors (Lipinski definition) is 2. The number of aromatic hydroxyl groups is 1. The highest BCUT2D eigenvalue weighted by molar-refractivity contribution is 5.41. The second kappa shape index (κ2) is 2.74. The minimum absolute atomic E-state index is 0.254. The van der Waals surface area contributed by atoms with Crippen molar-refractivity contribution in [3.05, 3.63) is 29.3 Å². The van der Waals surface area contributed by atoms with E-state index in [0.29, 0.717) is 5.75 Å². The van der Waals surface area contributed by atoms with Gasteiger partial charge in [-0.3, -0.25) is 0 Å². The normalized spacial score (nSPS) is 19.5. The lowest BCUT2D eigenvalue weighted by atomic mass is 9.72. The molecule has 0 saturated heterocycles. The molecule has 0 heterocycles. The average Bonchev–Trinajstić information content (AvgIpc) is 2.05. The molecule has 2 rings (SSSR count). The summed E-state index contributed by atoms with van der Waals surface area (Å²) in [5.41, 5.74) is 7.95. The molecular formula is C11H15NO. The lowest BCUT2D eigenvalue weighted by Crippen LogP contribution is -2.43. The van der Waals surface area contributed by atoms with Crippen LogP contribution in [0.3, 0.4) is 0 Å². The molecule has 1 aromatic carbocycles. The number of rotatable bonds is 1. The molecule has 0 spiro atoms. The summed E-state index contributed by atoms with van der Waals surface area (Å²) in [6.45, 7) is 2.02. The zero-order valence-corrected chi connectivity index (χ0v) is 7.88. The fourth-order valence-electron chi connectivity index (χ4n) is 1.88. The van der Waals surface area contributed by atoms with E-state index in [1.165, 1.54) is 6.42 Å². The van der Waals surface area contributed by atoms with Gasteiger partial charge < -0.3 is 10.8 Å². The molecule has 0 aliphatic heterocycles. The zero-order valence-electron chi connectivity index (χ0n) is 7.88. The van der Waals surface area contributed by atoms with Gasteiger partial charge in [-0.25, -0.2) is 0 Å². The highest BCUT2D eigenvalue weighted by atomic mass is 16.3. The van der Waals surface area contributed by atoms with Gasteiger partial charge in [-0.05, 0) is 32.3 Å². The highest BCUT2D eigenvalue weighted by Crippen LogP contribution is 2.42. The molecule has 1 aromatic rings. The Kier molecular flexibility index (Phi) is 1.81. The SMILES string of the molecule is Cc1ccc(O)c(C2(N)CCC2)c1. The standard InChI is InChI=1S/C11H15NO/c1-8-3-4-10(13)9(7-8)11(12)5-2-6-11/h3-4,7,13H,2,5-6,12H2,1H3. The molecule has 13 heavy (non-hydrogen) atoms. The van der Waals surface area contributed by atoms with Gasteiger partial charge in [-0.1, -0.05) is 17.7 Å². The van der Waals surface area contributed by atoms with Crippen LogP contribution >= 0.6 is 0 Å². The van der Waals surface area contributed by atoms with Gasteiger partial charge in [0.2, 0.25) is 0 Å². The van der Waals surface area contributed by atoms with E-state index in [1.807, 2.05) is 19.1 Å². The summed E-state index contributed by atoms with van der Waals surface area (Å²) < 4.78 is 0. The van der Waals surface area contributed by atoms with Gasteiger partial charge in [0, 0.05) is 11.1 Å². The maximum atomic E-state index is 9.66. The Morgan fingerprint density at radius 2 is 2.08 bits per heavy atom. The number of benzene rings is 1. The summed E-state index contributed by atoms with van der Waals surface area (Å²) in [7, 11) is 0. The van der Waals surface area contributed by atoms with Crippen LogP contribution in [0.15, 0.2) is 18.2 Å². The first-order valence-corrected chi connectivity index (χ1v) is 4.71. The van der Waals surface area contributed by atoms with E-state index in [0.717, 1.165) is 24.0 Å². The third kappa shape index (κ3) is 1.31. The molecular weight excluding hydrogens is 162 g/mol. The summed E-state index contributed by atoms with van der Waals surface area (Å²) >= 11 is 0. The Bertz CT molecular complexity index is 329. The van der Waals surface area contributed by atoms with E-state index in [9.17, 15) is 5.11 Å². The Morgan fingerprint density at radius 3 is 2.62 bits per heavy atom.